The van der Waals surface area contributed by atoms with Crippen molar-refractivity contribution in [3.05, 3.63) is 94.0 Å². The Kier molecular flexibility index (Phi) is 6.45. The highest BCUT2D eigenvalue weighted by Gasteiger charge is 2.38. The van der Waals surface area contributed by atoms with Gasteiger partial charge in [0.05, 0.1) is 40.1 Å². The fourth-order valence-electron chi connectivity index (χ4n) is 5.25. The number of carbonyl (C=O) groups excluding carboxylic acids is 1. The number of hydrogen-bond acceptors (Lipinski definition) is 6. The van der Waals surface area contributed by atoms with E-state index in [4.69, 9.17) is 0 Å². The Morgan fingerprint density at radius 2 is 2.00 bits per heavy atom. The first-order chi connectivity index (χ1) is 19.6. The zero-order valence-corrected chi connectivity index (χ0v) is 21.3. The number of alkyl halides is 1. The molecule has 13 heteroatoms. The van der Waals surface area contributed by atoms with E-state index in [-0.39, 0.29) is 35.1 Å². The summed E-state index contributed by atoms with van der Waals surface area (Å²) < 4.78 is 56.1. The molecule has 1 aromatic carbocycles. The molecule has 0 radical (unpaired) electrons. The second-order valence-electron chi connectivity index (χ2n) is 9.91. The number of rotatable bonds is 6. The lowest BCUT2D eigenvalue weighted by Gasteiger charge is -2.26. The molecule has 210 valence electrons. The van der Waals surface area contributed by atoms with Crippen LogP contribution in [0.1, 0.15) is 35.5 Å². The van der Waals surface area contributed by atoms with Crippen LogP contribution in [0.3, 0.4) is 0 Å². The van der Waals surface area contributed by atoms with Gasteiger partial charge < -0.3 is 20.4 Å². The standard InChI is InChI=1S/C28H22F4N6O3/c1-12(7-16-23(31)17(29)10-18(30)24(16)32)35-19-4-6-34-26(39)22(19)25-36-20-8-14-15(9-21(20)37-25)28(41)38(27(14)40)13-3-2-5-33-11-13/h2-6,8-12,16,23,27,40H,7H2,1H3,(H,36,37)(H2,34,35,39). The molecular formula is C28H22F4N6O3. The van der Waals surface area contributed by atoms with Crippen molar-refractivity contribution < 1.29 is 27.5 Å². The Balaban J connectivity index is 1.31. The van der Waals surface area contributed by atoms with Gasteiger partial charge in [0.25, 0.3) is 11.5 Å². The zero-order chi connectivity index (χ0) is 29.0. The van der Waals surface area contributed by atoms with Crippen molar-refractivity contribution in [3.8, 4) is 11.4 Å². The van der Waals surface area contributed by atoms with Crippen LogP contribution in [0.25, 0.3) is 22.4 Å². The Bertz CT molecular complexity index is 1800. The topological polar surface area (TPSA) is 127 Å². The number of anilines is 2. The first-order valence-corrected chi connectivity index (χ1v) is 12.6. The number of hydrogen-bond donors (Lipinski definition) is 4. The fraction of sp³-hybridized carbons (Fsp3) is 0.214. The van der Waals surface area contributed by atoms with Crippen LogP contribution < -0.4 is 15.8 Å². The number of aliphatic hydroxyl groups excluding tert-OH is 1. The number of allylic oxidation sites excluding steroid dienone is 4. The van der Waals surface area contributed by atoms with Crippen LogP contribution >= 0.6 is 0 Å². The molecule has 4 atom stereocenters. The summed E-state index contributed by atoms with van der Waals surface area (Å²) in [6, 6.07) is 7.17. The summed E-state index contributed by atoms with van der Waals surface area (Å²) in [6.45, 7) is 1.56. The summed E-state index contributed by atoms with van der Waals surface area (Å²) in [5.41, 5.74) is 1.55. The van der Waals surface area contributed by atoms with Crippen molar-refractivity contribution in [1.29, 1.82) is 0 Å². The van der Waals surface area contributed by atoms with Gasteiger partial charge in [-0.2, -0.15) is 0 Å². The fourth-order valence-corrected chi connectivity index (χ4v) is 5.25. The number of amides is 1. The summed E-state index contributed by atoms with van der Waals surface area (Å²) in [7, 11) is 0. The Morgan fingerprint density at radius 3 is 2.76 bits per heavy atom. The molecule has 0 saturated heterocycles. The number of carbonyl (C=O) groups is 1. The summed E-state index contributed by atoms with van der Waals surface area (Å²) in [5.74, 6) is -6.21. The second kappa shape index (κ2) is 10.0. The van der Waals surface area contributed by atoms with E-state index in [9.17, 15) is 32.3 Å². The monoisotopic (exact) mass is 566 g/mol. The molecule has 4 aromatic rings. The molecule has 4 N–H and O–H groups in total. The van der Waals surface area contributed by atoms with Crippen LogP contribution in [0.5, 0.6) is 0 Å². The number of pyridine rings is 2. The van der Waals surface area contributed by atoms with Crippen LogP contribution in [-0.2, 0) is 0 Å². The highest BCUT2D eigenvalue weighted by atomic mass is 19.2. The molecule has 0 spiro atoms. The van der Waals surface area contributed by atoms with Gasteiger partial charge in [-0.15, -0.1) is 0 Å². The molecule has 4 heterocycles. The van der Waals surface area contributed by atoms with Crippen LogP contribution in [0.15, 0.2) is 77.3 Å². The summed E-state index contributed by atoms with van der Waals surface area (Å²) in [6.07, 6.45) is 0.659. The first-order valence-electron chi connectivity index (χ1n) is 12.6. The molecule has 3 aromatic heterocycles. The summed E-state index contributed by atoms with van der Waals surface area (Å²) in [5, 5.41) is 13.9. The maximum Gasteiger partial charge on any atom is 0.261 e. The molecule has 2 aliphatic rings. The molecule has 4 unspecified atom stereocenters. The molecule has 9 nitrogen and oxygen atoms in total. The van der Waals surface area contributed by atoms with Crippen molar-refractivity contribution in [1.82, 2.24) is 19.9 Å². The Morgan fingerprint density at radius 1 is 1.20 bits per heavy atom. The van der Waals surface area contributed by atoms with Crippen molar-refractivity contribution in [3.63, 3.8) is 0 Å². The SMILES string of the molecule is CC(CC1C(F)=C(F)C=C(F)C1F)Nc1cc[nH]c(=O)c1-c1nc2cc3c(cc2[nH]1)C(O)N(c1cccnc1)C3=O. The number of halogens is 4. The van der Waals surface area contributed by atoms with E-state index in [1.54, 1.807) is 31.3 Å². The van der Waals surface area contributed by atoms with Gasteiger partial charge in [-0.1, -0.05) is 0 Å². The maximum atomic E-state index is 14.3. The predicted octanol–water partition coefficient (Wildman–Crippen LogP) is 5.13. The number of aliphatic hydroxyl groups is 1. The van der Waals surface area contributed by atoms with E-state index in [1.807, 2.05) is 0 Å². The largest absolute Gasteiger partial charge is 0.382 e. The van der Waals surface area contributed by atoms with E-state index in [0.29, 0.717) is 22.3 Å². The maximum absolute atomic E-state index is 14.3. The third-order valence-corrected chi connectivity index (χ3v) is 7.19. The van der Waals surface area contributed by atoms with E-state index < -0.39 is 53.3 Å². The highest BCUT2D eigenvalue weighted by molar-refractivity contribution is 6.12. The molecule has 41 heavy (non-hydrogen) atoms. The minimum Gasteiger partial charge on any atom is -0.382 e. The molecule has 0 saturated carbocycles. The normalized spacial score (nSPS) is 21.3. The number of imidazole rings is 1. The van der Waals surface area contributed by atoms with Gasteiger partial charge in [0, 0.05) is 30.1 Å². The quantitative estimate of drug-likeness (QED) is 0.240. The molecule has 0 bridgehead atoms. The lowest BCUT2D eigenvalue weighted by atomic mass is 9.90. The molecule has 1 aliphatic carbocycles. The average molecular weight is 567 g/mol. The second-order valence-corrected chi connectivity index (χ2v) is 9.91. The molecule has 6 rings (SSSR count). The van der Waals surface area contributed by atoms with Crippen molar-refractivity contribution in [2.75, 3.05) is 10.2 Å². The third kappa shape index (κ3) is 4.47. The summed E-state index contributed by atoms with van der Waals surface area (Å²) >= 11 is 0. The van der Waals surface area contributed by atoms with E-state index in [1.165, 1.54) is 29.4 Å². The number of aromatic amines is 2. The van der Waals surface area contributed by atoms with Gasteiger partial charge in [0.1, 0.15) is 23.0 Å². The van der Waals surface area contributed by atoms with Gasteiger partial charge in [-0.05, 0) is 43.7 Å². The van der Waals surface area contributed by atoms with Gasteiger partial charge in [0.15, 0.2) is 18.2 Å². The van der Waals surface area contributed by atoms with Gasteiger partial charge in [-0.25, -0.2) is 22.5 Å². The van der Waals surface area contributed by atoms with Crippen LogP contribution in [0.4, 0.5) is 28.9 Å². The van der Waals surface area contributed by atoms with E-state index in [0.717, 1.165) is 0 Å². The third-order valence-electron chi connectivity index (χ3n) is 7.19. The number of nitrogens with zero attached hydrogens (tertiary/aromatic N) is 3. The number of H-pyrrole nitrogens is 2. The van der Waals surface area contributed by atoms with Gasteiger partial charge >= 0.3 is 0 Å². The van der Waals surface area contributed by atoms with Crippen molar-refractivity contribution >= 4 is 28.3 Å². The van der Waals surface area contributed by atoms with E-state index in [2.05, 4.69) is 25.3 Å². The predicted molar refractivity (Wildman–Crippen MR) is 143 cm³/mol. The number of benzene rings is 1. The highest BCUT2D eigenvalue weighted by Crippen LogP contribution is 2.39. The van der Waals surface area contributed by atoms with Crippen molar-refractivity contribution in [2.45, 2.75) is 31.8 Å². The lowest BCUT2D eigenvalue weighted by molar-refractivity contribution is 0.0935. The summed E-state index contributed by atoms with van der Waals surface area (Å²) in [4.78, 5) is 41.3. The molecule has 1 amide bonds. The lowest BCUT2D eigenvalue weighted by Crippen LogP contribution is -2.29. The van der Waals surface area contributed by atoms with Crippen LogP contribution in [0, 0.1) is 5.92 Å². The minimum atomic E-state index is -2.33. The van der Waals surface area contributed by atoms with Gasteiger partial charge in [-0.3, -0.25) is 19.5 Å². The van der Waals surface area contributed by atoms with Crippen LogP contribution in [0.2, 0.25) is 0 Å². The minimum absolute atomic E-state index is 0.0632. The number of nitrogens with one attached hydrogen (secondary N) is 3. The Labute approximate surface area is 229 Å². The zero-order valence-electron chi connectivity index (χ0n) is 21.3. The van der Waals surface area contributed by atoms with Crippen molar-refractivity contribution in [2.24, 2.45) is 5.92 Å². The Hall–Kier alpha value is -4.78. The molecule has 0 fully saturated rings. The van der Waals surface area contributed by atoms with E-state index >= 15 is 0 Å². The first kappa shape index (κ1) is 26.4. The number of fused-ring (bicyclic) bond motifs is 2. The smallest absolute Gasteiger partial charge is 0.261 e. The van der Waals surface area contributed by atoms with Crippen LogP contribution in [-0.4, -0.2) is 43.2 Å². The average Bonchev–Trinajstić information content (AvgIpc) is 3.46. The molecule has 1 aliphatic heterocycles. The number of aromatic nitrogens is 4. The van der Waals surface area contributed by atoms with Gasteiger partial charge in [0.2, 0.25) is 0 Å². The molecular weight excluding hydrogens is 544 g/mol.